The lowest BCUT2D eigenvalue weighted by Gasteiger charge is -2.14. The van der Waals surface area contributed by atoms with Crippen LogP contribution in [0.2, 0.25) is 5.02 Å². The molecule has 3 aromatic carbocycles. The van der Waals surface area contributed by atoms with Crippen LogP contribution in [0.25, 0.3) is 0 Å². The van der Waals surface area contributed by atoms with Gasteiger partial charge in [-0.05, 0) is 70.1 Å². The highest BCUT2D eigenvalue weighted by atomic mass is 79.9. The summed E-state index contributed by atoms with van der Waals surface area (Å²) in [7, 11) is 1.45. The average Bonchev–Trinajstić information content (AvgIpc) is 2.75. The van der Waals surface area contributed by atoms with Crippen molar-refractivity contribution in [1.29, 1.82) is 0 Å². The number of ether oxygens (including phenoxy) is 2. The second-order valence-electron chi connectivity index (χ2n) is 6.43. The third-order valence-electron chi connectivity index (χ3n) is 4.21. The van der Waals surface area contributed by atoms with Crippen molar-refractivity contribution in [2.75, 3.05) is 12.4 Å². The molecule has 0 heterocycles. The third-order valence-corrected chi connectivity index (χ3v) is 5.29. The van der Waals surface area contributed by atoms with E-state index in [1.54, 1.807) is 18.2 Å². The van der Waals surface area contributed by atoms with Gasteiger partial charge in [-0.2, -0.15) is 0 Å². The van der Waals surface area contributed by atoms with Gasteiger partial charge in [0.2, 0.25) is 0 Å². The molecule has 0 spiro atoms. The smallest absolute Gasteiger partial charge is 0.257 e. The van der Waals surface area contributed by atoms with E-state index in [9.17, 15) is 13.6 Å². The van der Waals surface area contributed by atoms with Gasteiger partial charge in [0.15, 0.2) is 22.4 Å². The molecule has 0 aliphatic rings. The molecule has 32 heavy (non-hydrogen) atoms. The number of hydrogen-bond acceptors (Lipinski definition) is 4. The van der Waals surface area contributed by atoms with Crippen molar-refractivity contribution in [3.63, 3.8) is 0 Å². The molecule has 0 saturated heterocycles. The van der Waals surface area contributed by atoms with Crippen LogP contribution < -0.4 is 20.1 Å². The molecule has 0 bridgehead atoms. The van der Waals surface area contributed by atoms with Crippen molar-refractivity contribution < 1.29 is 23.0 Å². The predicted molar refractivity (Wildman–Crippen MR) is 127 cm³/mol. The summed E-state index contributed by atoms with van der Waals surface area (Å²) < 4.78 is 38.4. The fourth-order valence-corrected chi connectivity index (χ4v) is 3.48. The summed E-state index contributed by atoms with van der Waals surface area (Å²) in [4.78, 5) is 12.5. The summed E-state index contributed by atoms with van der Waals surface area (Å²) in [6.45, 7) is 0.283. The van der Waals surface area contributed by atoms with Crippen molar-refractivity contribution in [2.45, 2.75) is 6.61 Å². The number of methoxy groups -OCH3 is 1. The standard InChI is InChI=1S/C22H16BrClF2N2O3S/c1-30-19-8-13(4-7-18(19)31-11-12-2-5-14(24)6-3-12)21(29)28-22(32)27-20-16(23)9-15(25)10-17(20)26/h2-10H,11H2,1H3,(H2,27,28,29,32). The van der Waals surface area contributed by atoms with E-state index in [0.29, 0.717) is 22.6 Å². The molecule has 3 aromatic rings. The molecule has 10 heteroatoms. The van der Waals surface area contributed by atoms with Crippen LogP contribution in [-0.2, 0) is 6.61 Å². The Bertz CT molecular complexity index is 1140. The van der Waals surface area contributed by atoms with Crippen LogP contribution in [0.15, 0.2) is 59.1 Å². The minimum absolute atomic E-state index is 0.0970. The Labute approximate surface area is 201 Å². The third kappa shape index (κ3) is 6.15. The number of carbonyl (C=O) groups is 1. The Morgan fingerprint density at radius 3 is 2.47 bits per heavy atom. The first kappa shape index (κ1) is 23.9. The molecule has 166 valence electrons. The molecule has 0 aliphatic heterocycles. The lowest BCUT2D eigenvalue weighted by molar-refractivity contribution is 0.0977. The van der Waals surface area contributed by atoms with E-state index in [2.05, 4.69) is 26.6 Å². The van der Waals surface area contributed by atoms with E-state index in [4.69, 9.17) is 33.3 Å². The maximum Gasteiger partial charge on any atom is 0.257 e. The number of hydrogen-bond donors (Lipinski definition) is 2. The molecule has 3 rings (SSSR count). The van der Waals surface area contributed by atoms with Gasteiger partial charge in [-0.25, -0.2) is 8.78 Å². The van der Waals surface area contributed by atoms with E-state index >= 15 is 0 Å². The van der Waals surface area contributed by atoms with E-state index in [1.165, 1.54) is 19.2 Å². The summed E-state index contributed by atoms with van der Waals surface area (Å²) in [5.74, 6) is -1.38. The topological polar surface area (TPSA) is 59.6 Å². The highest BCUT2D eigenvalue weighted by Gasteiger charge is 2.15. The number of nitrogens with one attached hydrogen (secondary N) is 2. The van der Waals surface area contributed by atoms with Crippen molar-refractivity contribution in [3.8, 4) is 11.5 Å². The van der Waals surface area contributed by atoms with E-state index in [-0.39, 0.29) is 27.4 Å². The monoisotopic (exact) mass is 540 g/mol. The zero-order chi connectivity index (χ0) is 23.3. The molecule has 0 saturated carbocycles. The number of thiocarbonyl (C=S) groups is 1. The lowest BCUT2D eigenvalue weighted by Crippen LogP contribution is -2.34. The minimum atomic E-state index is -0.864. The Balaban J connectivity index is 1.66. The van der Waals surface area contributed by atoms with Gasteiger partial charge in [-0.3, -0.25) is 10.1 Å². The summed E-state index contributed by atoms with van der Waals surface area (Å²) in [6, 6.07) is 13.6. The molecule has 0 fully saturated rings. The zero-order valence-electron chi connectivity index (χ0n) is 16.5. The van der Waals surface area contributed by atoms with Crippen LogP contribution >= 0.6 is 39.7 Å². The van der Waals surface area contributed by atoms with Crippen molar-refractivity contribution >= 4 is 56.5 Å². The van der Waals surface area contributed by atoms with E-state index in [1.807, 2.05) is 12.1 Å². The first-order valence-electron chi connectivity index (χ1n) is 9.09. The average molecular weight is 542 g/mol. The van der Waals surface area contributed by atoms with Gasteiger partial charge in [0.05, 0.1) is 12.8 Å². The van der Waals surface area contributed by atoms with Gasteiger partial charge < -0.3 is 14.8 Å². The van der Waals surface area contributed by atoms with Crippen LogP contribution in [0.1, 0.15) is 15.9 Å². The van der Waals surface area contributed by atoms with Crippen LogP contribution in [-0.4, -0.2) is 18.1 Å². The van der Waals surface area contributed by atoms with Gasteiger partial charge in [0.1, 0.15) is 12.4 Å². The van der Waals surface area contributed by atoms with Crippen LogP contribution in [0.4, 0.5) is 14.5 Å². The van der Waals surface area contributed by atoms with Crippen molar-refractivity contribution in [2.24, 2.45) is 0 Å². The highest BCUT2D eigenvalue weighted by Crippen LogP contribution is 2.29. The van der Waals surface area contributed by atoms with Crippen LogP contribution in [0, 0.1) is 11.6 Å². The van der Waals surface area contributed by atoms with E-state index < -0.39 is 17.5 Å². The second kappa shape index (κ2) is 10.7. The molecule has 1 amide bonds. The van der Waals surface area contributed by atoms with Crippen LogP contribution in [0.3, 0.4) is 0 Å². The predicted octanol–water partition coefficient (Wildman–Crippen LogP) is 6.10. The van der Waals surface area contributed by atoms with Crippen molar-refractivity contribution in [3.05, 3.63) is 86.9 Å². The summed E-state index contributed by atoms with van der Waals surface area (Å²) in [6.07, 6.45) is 0. The first-order valence-corrected chi connectivity index (χ1v) is 10.7. The normalized spacial score (nSPS) is 10.4. The molecule has 0 unspecified atom stereocenters. The molecule has 0 atom stereocenters. The van der Waals surface area contributed by atoms with Gasteiger partial charge in [-0.15, -0.1) is 0 Å². The quantitative estimate of drug-likeness (QED) is 0.370. The Morgan fingerprint density at radius 1 is 1.09 bits per heavy atom. The lowest BCUT2D eigenvalue weighted by atomic mass is 10.2. The number of rotatable bonds is 6. The molecule has 0 aliphatic carbocycles. The largest absolute Gasteiger partial charge is 0.493 e. The fourth-order valence-electron chi connectivity index (χ4n) is 2.65. The van der Waals surface area contributed by atoms with Gasteiger partial charge in [0, 0.05) is 21.1 Å². The second-order valence-corrected chi connectivity index (χ2v) is 8.13. The maximum absolute atomic E-state index is 13.9. The number of carbonyl (C=O) groups excluding carboxylic acids is 1. The Hall–Kier alpha value is -2.75. The summed E-state index contributed by atoms with van der Waals surface area (Å²) in [5, 5.41) is 5.44. The molecule has 0 radical (unpaired) electrons. The summed E-state index contributed by atoms with van der Waals surface area (Å²) in [5.41, 5.74) is 1.05. The number of anilines is 1. The zero-order valence-corrected chi connectivity index (χ0v) is 19.7. The van der Waals surface area contributed by atoms with Gasteiger partial charge >= 0.3 is 0 Å². The first-order chi connectivity index (χ1) is 15.3. The molecular weight excluding hydrogens is 526 g/mol. The maximum atomic E-state index is 13.9. The Kier molecular flexibility index (Phi) is 8.00. The Morgan fingerprint density at radius 2 is 1.81 bits per heavy atom. The van der Waals surface area contributed by atoms with Gasteiger partial charge in [-0.1, -0.05) is 23.7 Å². The minimum Gasteiger partial charge on any atom is -0.493 e. The highest BCUT2D eigenvalue weighted by molar-refractivity contribution is 9.10. The van der Waals surface area contributed by atoms with Gasteiger partial charge in [0.25, 0.3) is 5.91 Å². The molecule has 5 nitrogen and oxygen atoms in total. The summed E-state index contributed by atoms with van der Waals surface area (Å²) >= 11 is 14.0. The molecule has 2 N–H and O–H groups in total. The number of halogens is 4. The number of benzene rings is 3. The fraction of sp³-hybridized carbons (Fsp3) is 0.0909. The SMILES string of the molecule is COc1cc(C(=O)NC(=S)Nc2c(F)cc(F)cc2Br)ccc1OCc1ccc(Cl)cc1. The molecular formula is C22H16BrClF2N2O3S. The number of amides is 1. The molecule has 0 aromatic heterocycles. The van der Waals surface area contributed by atoms with Crippen molar-refractivity contribution in [1.82, 2.24) is 5.32 Å². The van der Waals surface area contributed by atoms with E-state index in [0.717, 1.165) is 11.6 Å². The van der Waals surface area contributed by atoms with Crippen LogP contribution in [0.5, 0.6) is 11.5 Å².